The van der Waals surface area contributed by atoms with Crippen molar-refractivity contribution in [2.24, 2.45) is 11.7 Å². The lowest BCUT2D eigenvalue weighted by atomic mass is 9.99. The first-order chi connectivity index (χ1) is 9.13. The van der Waals surface area contributed by atoms with Gasteiger partial charge in [0.1, 0.15) is 0 Å². The van der Waals surface area contributed by atoms with Gasteiger partial charge in [0.15, 0.2) is 0 Å². The Balaban J connectivity index is 2.07. The molecule has 2 rings (SSSR count). The summed E-state index contributed by atoms with van der Waals surface area (Å²) in [6.45, 7) is 8.95. The van der Waals surface area contributed by atoms with E-state index in [9.17, 15) is 0 Å². The minimum atomic E-state index is 0.290. The van der Waals surface area contributed by atoms with Gasteiger partial charge in [-0.25, -0.2) is 0 Å². The molecule has 2 nitrogen and oxygen atoms in total. The maximum Gasteiger partial charge on any atom is 0.0369 e. The third-order valence-corrected chi connectivity index (χ3v) is 4.26. The molecule has 0 aromatic heterocycles. The summed E-state index contributed by atoms with van der Waals surface area (Å²) in [5.41, 5.74) is 10.2. The van der Waals surface area contributed by atoms with Crippen LogP contribution in [0.2, 0.25) is 0 Å². The van der Waals surface area contributed by atoms with Gasteiger partial charge in [-0.3, -0.25) is 0 Å². The third-order valence-electron chi connectivity index (χ3n) is 4.26. The van der Waals surface area contributed by atoms with Crippen molar-refractivity contribution in [2.75, 3.05) is 18.0 Å². The summed E-state index contributed by atoms with van der Waals surface area (Å²) in [5.74, 6) is 0.938. The summed E-state index contributed by atoms with van der Waals surface area (Å²) in [7, 11) is 0. The minimum absolute atomic E-state index is 0.290. The molecule has 0 radical (unpaired) electrons. The van der Waals surface area contributed by atoms with Gasteiger partial charge in [-0.05, 0) is 68.7 Å². The fraction of sp³-hybridized carbons (Fsp3) is 0.647. The second-order valence-electron chi connectivity index (χ2n) is 5.97. The van der Waals surface area contributed by atoms with Crippen molar-refractivity contribution in [3.63, 3.8) is 0 Å². The van der Waals surface area contributed by atoms with Crippen molar-refractivity contribution >= 4 is 5.69 Å². The van der Waals surface area contributed by atoms with E-state index in [1.165, 1.54) is 36.2 Å². The molecule has 1 unspecified atom stereocenters. The highest BCUT2D eigenvalue weighted by Gasteiger charge is 2.24. The summed E-state index contributed by atoms with van der Waals surface area (Å²) < 4.78 is 0. The molecule has 0 spiro atoms. The van der Waals surface area contributed by atoms with Crippen molar-refractivity contribution in [2.45, 2.75) is 52.5 Å². The van der Waals surface area contributed by atoms with Gasteiger partial charge in [0.25, 0.3) is 0 Å². The Hall–Kier alpha value is -1.02. The van der Waals surface area contributed by atoms with Gasteiger partial charge in [-0.1, -0.05) is 13.0 Å². The van der Waals surface area contributed by atoms with Gasteiger partial charge < -0.3 is 10.6 Å². The average molecular weight is 260 g/mol. The maximum atomic E-state index is 6.06. The first-order valence-electron chi connectivity index (χ1n) is 7.74. The Morgan fingerprint density at radius 1 is 1.32 bits per heavy atom. The van der Waals surface area contributed by atoms with Crippen LogP contribution in [0.5, 0.6) is 0 Å². The Morgan fingerprint density at radius 3 is 2.58 bits per heavy atom. The smallest absolute Gasteiger partial charge is 0.0369 e. The van der Waals surface area contributed by atoms with Crippen molar-refractivity contribution in [1.82, 2.24) is 0 Å². The molecule has 1 atom stereocenters. The Kier molecular flexibility index (Phi) is 4.87. The molecule has 106 valence electrons. The Labute approximate surface area is 118 Å². The van der Waals surface area contributed by atoms with Crippen LogP contribution < -0.4 is 10.6 Å². The summed E-state index contributed by atoms with van der Waals surface area (Å²) in [4.78, 5) is 2.51. The van der Waals surface area contributed by atoms with Gasteiger partial charge in [-0.15, -0.1) is 0 Å². The number of benzene rings is 1. The van der Waals surface area contributed by atoms with E-state index in [4.69, 9.17) is 5.73 Å². The molecule has 2 heteroatoms. The highest BCUT2D eigenvalue weighted by Crippen LogP contribution is 2.31. The molecule has 19 heavy (non-hydrogen) atoms. The van der Waals surface area contributed by atoms with E-state index in [-0.39, 0.29) is 0 Å². The number of rotatable bonds is 7. The topological polar surface area (TPSA) is 29.3 Å². The molecule has 1 saturated carbocycles. The van der Waals surface area contributed by atoms with Gasteiger partial charge in [0, 0.05) is 24.8 Å². The second-order valence-corrected chi connectivity index (χ2v) is 5.97. The zero-order valence-electron chi connectivity index (χ0n) is 12.7. The summed E-state index contributed by atoms with van der Waals surface area (Å²) in [5, 5.41) is 0. The standard InChI is InChI=1S/C17H28N2/c1-4-16(18)11-15-8-9-17(10-13(15)3)19(5-2)12-14-6-7-14/h8-10,14,16H,4-7,11-12,18H2,1-3H3. The van der Waals surface area contributed by atoms with Crippen LogP contribution in [0.1, 0.15) is 44.2 Å². The quantitative estimate of drug-likeness (QED) is 0.813. The van der Waals surface area contributed by atoms with E-state index < -0.39 is 0 Å². The van der Waals surface area contributed by atoms with E-state index in [2.05, 4.69) is 43.9 Å². The van der Waals surface area contributed by atoms with Crippen LogP contribution in [-0.4, -0.2) is 19.1 Å². The fourth-order valence-electron chi connectivity index (χ4n) is 2.56. The lowest BCUT2D eigenvalue weighted by Crippen LogP contribution is -2.25. The molecule has 1 aliphatic rings. The molecule has 0 aliphatic heterocycles. The van der Waals surface area contributed by atoms with Crippen LogP contribution in [0.4, 0.5) is 5.69 Å². The van der Waals surface area contributed by atoms with Gasteiger partial charge in [-0.2, -0.15) is 0 Å². The third kappa shape index (κ3) is 3.97. The van der Waals surface area contributed by atoms with Gasteiger partial charge in [0.2, 0.25) is 0 Å². The molecule has 0 amide bonds. The van der Waals surface area contributed by atoms with E-state index in [0.29, 0.717) is 6.04 Å². The zero-order valence-corrected chi connectivity index (χ0v) is 12.7. The molecule has 2 N–H and O–H groups in total. The van der Waals surface area contributed by atoms with Crippen LogP contribution in [0.3, 0.4) is 0 Å². The highest BCUT2D eigenvalue weighted by molar-refractivity contribution is 5.51. The first kappa shape index (κ1) is 14.4. The van der Waals surface area contributed by atoms with Crippen LogP contribution in [0.15, 0.2) is 18.2 Å². The van der Waals surface area contributed by atoms with Gasteiger partial charge in [0.05, 0.1) is 0 Å². The molecule has 1 aliphatic carbocycles. The summed E-state index contributed by atoms with van der Waals surface area (Å²) >= 11 is 0. The van der Waals surface area contributed by atoms with Crippen molar-refractivity contribution < 1.29 is 0 Å². The van der Waals surface area contributed by atoms with Crippen molar-refractivity contribution in [3.8, 4) is 0 Å². The molecule has 0 heterocycles. The van der Waals surface area contributed by atoms with Crippen LogP contribution in [0.25, 0.3) is 0 Å². The normalized spacial score (nSPS) is 16.4. The summed E-state index contributed by atoms with van der Waals surface area (Å²) in [6.07, 6.45) is 4.87. The lowest BCUT2D eigenvalue weighted by molar-refractivity contribution is 0.644. The molecule has 1 aromatic carbocycles. The summed E-state index contributed by atoms with van der Waals surface area (Å²) in [6, 6.07) is 7.17. The van der Waals surface area contributed by atoms with E-state index in [1.54, 1.807) is 0 Å². The number of anilines is 1. The number of hydrogen-bond donors (Lipinski definition) is 1. The number of nitrogens with zero attached hydrogens (tertiary/aromatic N) is 1. The van der Waals surface area contributed by atoms with E-state index in [0.717, 1.165) is 25.3 Å². The van der Waals surface area contributed by atoms with Crippen LogP contribution in [-0.2, 0) is 6.42 Å². The molecular formula is C17H28N2. The zero-order chi connectivity index (χ0) is 13.8. The average Bonchev–Trinajstić information content (AvgIpc) is 3.22. The molecule has 1 aromatic rings. The highest BCUT2D eigenvalue weighted by atomic mass is 15.1. The Bertz CT molecular complexity index is 410. The molecular weight excluding hydrogens is 232 g/mol. The van der Waals surface area contributed by atoms with E-state index >= 15 is 0 Å². The predicted molar refractivity (Wildman–Crippen MR) is 83.8 cm³/mol. The molecule has 0 saturated heterocycles. The lowest BCUT2D eigenvalue weighted by Gasteiger charge is -2.24. The largest absolute Gasteiger partial charge is 0.372 e. The molecule has 0 bridgehead atoms. The van der Waals surface area contributed by atoms with Gasteiger partial charge >= 0.3 is 0 Å². The van der Waals surface area contributed by atoms with E-state index in [1.807, 2.05) is 0 Å². The van der Waals surface area contributed by atoms with Crippen LogP contribution >= 0.6 is 0 Å². The number of aryl methyl sites for hydroxylation is 1. The van der Waals surface area contributed by atoms with Crippen LogP contribution in [0, 0.1) is 12.8 Å². The first-order valence-corrected chi connectivity index (χ1v) is 7.74. The molecule has 1 fully saturated rings. The maximum absolute atomic E-state index is 6.06. The second kappa shape index (κ2) is 6.42. The fourth-order valence-corrected chi connectivity index (χ4v) is 2.56. The predicted octanol–water partition coefficient (Wildman–Crippen LogP) is 3.51. The number of nitrogens with two attached hydrogens (primary N) is 1. The minimum Gasteiger partial charge on any atom is -0.372 e. The van der Waals surface area contributed by atoms with Crippen molar-refractivity contribution in [3.05, 3.63) is 29.3 Å². The number of hydrogen-bond acceptors (Lipinski definition) is 2. The van der Waals surface area contributed by atoms with Crippen molar-refractivity contribution in [1.29, 1.82) is 0 Å². The Morgan fingerprint density at radius 2 is 2.05 bits per heavy atom. The SMILES string of the molecule is CCC(N)Cc1ccc(N(CC)CC2CC2)cc1C. The monoisotopic (exact) mass is 260 g/mol.